The molecule has 1 fully saturated rings. The third-order valence-electron chi connectivity index (χ3n) is 6.21. The second-order valence-electron chi connectivity index (χ2n) is 8.98. The molecule has 0 aliphatic heterocycles. The van der Waals surface area contributed by atoms with Gasteiger partial charge in [0, 0.05) is 24.5 Å². The molecular weight excluding hydrogens is 488 g/mol. The van der Waals surface area contributed by atoms with E-state index in [9.17, 15) is 22.4 Å². The Balaban J connectivity index is 1.51. The smallest absolute Gasteiger partial charge is 0.328 e. The van der Waals surface area contributed by atoms with Gasteiger partial charge < -0.3 is 4.90 Å². The predicted molar refractivity (Wildman–Crippen MR) is 126 cm³/mol. The van der Waals surface area contributed by atoms with E-state index in [2.05, 4.69) is 20.1 Å². The maximum absolute atomic E-state index is 13.8. The van der Waals surface area contributed by atoms with E-state index in [1.54, 1.807) is 25.4 Å². The van der Waals surface area contributed by atoms with E-state index in [0.29, 0.717) is 23.9 Å². The minimum atomic E-state index is -4.67. The Labute approximate surface area is 209 Å². The first-order valence-electron chi connectivity index (χ1n) is 11.7. The Morgan fingerprint density at radius 3 is 2.41 bits per heavy atom. The number of benzene rings is 2. The van der Waals surface area contributed by atoms with Crippen LogP contribution in [0.25, 0.3) is 17.1 Å². The van der Waals surface area contributed by atoms with Crippen molar-refractivity contribution in [1.82, 2.24) is 29.6 Å². The summed E-state index contributed by atoms with van der Waals surface area (Å²) in [7, 11) is 0. The van der Waals surface area contributed by atoms with Gasteiger partial charge in [0.1, 0.15) is 12.1 Å². The van der Waals surface area contributed by atoms with Crippen LogP contribution in [0.15, 0.2) is 67.3 Å². The van der Waals surface area contributed by atoms with E-state index in [-0.39, 0.29) is 17.0 Å². The van der Waals surface area contributed by atoms with Crippen LogP contribution in [0, 0.1) is 11.7 Å². The van der Waals surface area contributed by atoms with Crippen molar-refractivity contribution in [2.45, 2.75) is 32.0 Å². The van der Waals surface area contributed by atoms with Gasteiger partial charge in [-0.05, 0) is 73.2 Å². The number of hydrogen-bond acceptors (Lipinski definition) is 5. The van der Waals surface area contributed by atoms with E-state index in [1.165, 1.54) is 34.1 Å². The Bertz CT molecular complexity index is 1400. The van der Waals surface area contributed by atoms with Crippen LogP contribution in [0.5, 0.6) is 0 Å². The first-order valence-corrected chi connectivity index (χ1v) is 11.7. The van der Waals surface area contributed by atoms with Gasteiger partial charge in [-0.1, -0.05) is 12.1 Å². The maximum Gasteiger partial charge on any atom is 0.416 e. The maximum atomic E-state index is 13.8. The monoisotopic (exact) mass is 510 g/mol. The first kappa shape index (κ1) is 24.5. The quantitative estimate of drug-likeness (QED) is 0.307. The predicted octanol–water partition coefficient (Wildman–Crippen LogP) is 5.50. The first-order chi connectivity index (χ1) is 17.7. The number of aromatic nitrogens is 5. The van der Waals surface area contributed by atoms with Crippen molar-refractivity contribution in [3.05, 3.63) is 90.0 Å². The molecule has 4 aromatic rings. The lowest BCUT2D eigenvalue weighted by atomic mass is 9.98. The van der Waals surface area contributed by atoms with E-state index < -0.39 is 29.5 Å². The highest BCUT2D eigenvalue weighted by molar-refractivity contribution is 5.96. The number of halogens is 4. The standard InChI is InChI=1S/C26H22F4N6O/c1-16(23-33-15-36(34-23)25-31-9-2-10-32-25)35(14-17-3-4-17)24(37)20-11-19(12-21(13-20)26(28,29)30)18-5-7-22(27)8-6-18/h2,5-13,15-17H,3-4,14H2,1H3. The molecule has 0 bridgehead atoms. The van der Waals surface area contributed by atoms with Crippen molar-refractivity contribution >= 4 is 5.91 Å². The van der Waals surface area contributed by atoms with Crippen LogP contribution < -0.4 is 0 Å². The lowest BCUT2D eigenvalue weighted by molar-refractivity contribution is -0.137. The molecule has 1 atom stereocenters. The molecule has 7 nitrogen and oxygen atoms in total. The van der Waals surface area contributed by atoms with Gasteiger partial charge in [-0.2, -0.15) is 17.9 Å². The van der Waals surface area contributed by atoms with Gasteiger partial charge in [0.15, 0.2) is 5.82 Å². The molecule has 37 heavy (non-hydrogen) atoms. The molecule has 190 valence electrons. The van der Waals surface area contributed by atoms with Crippen molar-refractivity contribution in [2.75, 3.05) is 6.54 Å². The fourth-order valence-electron chi connectivity index (χ4n) is 4.00. The Kier molecular flexibility index (Phi) is 6.45. The number of nitrogens with zero attached hydrogens (tertiary/aromatic N) is 6. The zero-order valence-corrected chi connectivity index (χ0v) is 19.7. The lowest BCUT2D eigenvalue weighted by Gasteiger charge is -2.28. The highest BCUT2D eigenvalue weighted by atomic mass is 19.4. The van der Waals surface area contributed by atoms with E-state index in [1.807, 2.05) is 0 Å². The van der Waals surface area contributed by atoms with Gasteiger partial charge in [0.05, 0.1) is 11.6 Å². The van der Waals surface area contributed by atoms with Crippen LogP contribution in [0.2, 0.25) is 0 Å². The van der Waals surface area contributed by atoms with E-state index >= 15 is 0 Å². The number of rotatable bonds is 7. The summed E-state index contributed by atoms with van der Waals surface area (Å²) in [4.78, 5) is 27.8. The second-order valence-corrected chi connectivity index (χ2v) is 8.98. The summed E-state index contributed by atoms with van der Waals surface area (Å²) in [5.74, 6) is -0.207. The molecular formula is C26H22F4N6O. The van der Waals surface area contributed by atoms with Crippen molar-refractivity contribution in [2.24, 2.45) is 5.92 Å². The summed E-state index contributed by atoms with van der Waals surface area (Å²) >= 11 is 0. The van der Waals surface area contributed by atoms with Crippen LogP contribution in [0.1, 0.15) is 47.6 Å². The van der Waals surface area contributed by atoms with Gasteiger partial charge in [-0.25, -0.2) is 19.3 Å². The molecule has 11 heteroatoms. The van der Waals surface area contributed by atoms with Crippen LogP contribution in [0.4, 0.5) is 17.6 Å². The number of amides is 1. The van der Waals surface area contributed by atoms with Gasteiger partial charge in [0.25, 0.3) is 11.9 Å². The van der Waals surface area contributed by atoms with Gasteiger partial charge in [0.2, 0.25) is 0 Å². The van der Waals surface area contributed by atoms with Crippen molar-refractivity contribution in [3.8, 4) is 17.1 Å². The molecule has 2 aromatic carbocycles. The molecule has 0 radical (unpaired) electrons. The summed E-state index contributed by atoms with van der Waals surface area (Å²) < 4.78 is 56.1. The summed E-state index contributed by atoms with van der Waals surface area (Å²) in [6.07, 6.45) is 1.73. The number of hydrogen-bond donors (Lipinski definition) is 0. The molecule has 5 rings (SSSR count). The fraction of sp³-hybridized carbons (Fsp3) is 0.269. The third-order valence-corrected chi connectivity index (χ3v) is 6.21. The van der Waals surface area contributed by atoms with Crippen LogP contribution >= 0.6 is 0 Å². The fourth-order valence-corrected chi connectivity index (χ4v) is 4.00. The van der Waals surface area contributed by atoms with E-state index in [0.717, 1.165) is 37.1 Å². The summed E-state index contributed by atoms with van der Waals surface area (Å²) in [6, 6.07) is 9.34. The highest BCUT2D eigenvalue weighted by Gasteiger charge is 2.35. The number of carbonyl (C=O) groups excluding carboxylic acids is 1. The Hall–Kier alpha value is -4.15. The zero-order chi connectivity index (χ0) is 26.2. The van der Waals surface area contributed by atoms with Gasteiger partial charge in [-0.3, -0.25) is 4.79 Å². The number of alkyl halides is 3. The largest absolute Gasteiger partial charge is 0.416 e. The van der Waals surface area contributed by atoms with Crippen LogP contribution in [-0.4, -0.2) is 42.1 Å². The minimum Gasteiger partial charge on any atom is -0.328 e. The summed E-state index contributed by atoms with van der Waals surface area (Å²) in [6.45, 7) is 2.10. The van der Waals surface area contributed by atoms with Crippen LogP contribution in [0.3, 0.4) is 0 Å². The topological polar surface area (TPSA) is 76.8 Å². The molecule has 1 saturated carbocycles. The van der Waals surface area contributed by atoms with Gasteiger partial charge >= 0.3 is 6.18 Å². The summed E-state index contributed by atoms with van der Waals surface area (Å²) in [5, 5.41) is 4.41. The molecule has 1 unspecified atom stereocenters. The van der Waals surface area contributed by atoms with E-state index in [4.69, 9.17) is 0 Å². The normalized spacial score (nSPS) is 14.4. The Morgan fingerprint density at radius 1 is 1.05 bits per heavy atom. The molecule has 2 aromatic heterocycles. The molecule has 0 spiro atoms. The third kappa shape index (κ3) is 5.50. The number of carbonyl (C=O) groups is 1. The summed E-state index contributed by atoms with van der Waals surface area (Å²) in [5.41, 5.74) is -0.541. The van der Waals surface area contributed by atoms with Crippen molar-refractivity contribution in [1.29, 1.82) is 0 Å². The average Bonchev–Trinajstić information content (AvgIpc) is 3.58. The van der Waals surface area contributed by atoms with Crippen LogP contribution in [-0.2, 0) is 6.18 Å². The van der Waals surface area contributed by atoms with Crippen molar-refractivity contribution in [3.63, 3.8) is 0 Å². The molecule has 0 saturated heterocycles. The molecule has 1 aliphatic carbocycles. The molecule has 1 amide bonds. The molecule has 1 aliphatic rings. The van der Waals surface area contributed by atoms with Crippen molar-refractivity contribution < 1.29 is 22.4 Å². The average molecular weight is 510 g/mol. The van der Waals surface area contributed by atoms with Gasteiger partial charge in [-0.15, -0.1) is 5.10 Å². The molecule has 0 N–H and O–H groups in total. The Morgan fingerprint density at radius 2 is 1.76 bits per heavy atom. The highest BCUT2D eigenvalue weighted by Crippen LogP contribution is 2.36. The molecule has 2 heterocycles. The zero-order valence-electron chi connectivity index (χ0n) is 19.7. The minimum absolute atomic E-state index is 0.118. The lowest BCUT2D eigenvalue weighted by Crippen LogP contribution is -2.36. The second kappa shape index (κ2) is 9.72. The SMILES string of the molecule is CC(c1ncn(-c2ncccn2)n1)N(CC1CC1)C(=O)c1cc(-c2ccc(F)cc2)cc(C(F)(F)F)c1.